The molecule has 1 fully saturated rings. The molecular weight excluding hydrogens is 300 g/mol. The number of rotatable bonds is 7. The quantitative estimate of drug-likeness (QED) is 0.785. The van der Waals surface area contributed by atoms with E-state index < -0.39 is 0 Å². The lowest BCUT2D eigenvalue weighted by molar-refractivity contribution is 0.103. The van der Waals surface area contributed by atoms with Gasteiger partial charge in [-0.15, -0.1) is 0 Å². The van der Waals surface area contributed by atoms with Crippen molar-refractivity contribution < 1.29 is 4.74 Å². The Morgan fingerprint density at radius 2 is 2.21 bits per heavy atom. The van der Waals surface area contributed by atoms with E-state index in [1.54, 1.807) is 0 Å². The highest BCUT2D eigenvalue weighted by Gasteiger charge is 2.30. The Balaban J connectivity index is 1.51. The van der Waals surface area contributed by atoms with Crippen molar-refractivity contribution in [3.05, 3.63) is 47.5 Å². The first-order valence-corrected chi connectivity index (χ1v) is 9.08. The van der Waals surface area contributed by atoms with Crippen LogP contribution in [0.5, 0.6) is 0 Å². The number of hydrogen-bond donors (Lipinski definition) is 0. The lowest BCUT2D eigenvalue weighted by atomic mass is 9.97. The van der Waals surface area contributed by atoms with Gasteiger partial charge in [0.05, 0.1) is 18.0 Å². The third-order valence-corrected chi connectivity index (χ3v) is 4.91. The summed E-state index contributed by atoms with van der Waals surface area (Å²) in [5, 5.41) is 4.90. The third kappa shape index (κ3) is 3.68. The highest BCUT2D eigenvalue weighted by Crippen LogP contribution is 2.33. The molecule has 1 atom stereocenters. The second-order valence-electron chi connectivity index (χ2n) is 7.05. The van der Waals surface area contributed by atoms with Gasteiger partial charge in [-0.25, -0.2) is 0 Å². The van der Waals surface area contributed by atoms with Crippen molar-refractivity contribution in [2.24, 2.45) is 5.92 Å². The summed E-state index contributed by atoms with van der Waals surface area (Å²) >= 11 is 0. The molecule has 128 valence electrons. The summed E-state index contributed by atoms with van der Waals surface area (Å²) in [4.78, 5) is 6.94. The van der Waals surface area contributed by atoms with Gasteiger partial charge in [0.2, 0.25) is 0 Å². The van der Waals surface area contributed by atoms with Gasteiger partial charge in [-0.3, -0.25) is 14.6 Å². The fourth-order valence-corrected chi connectivity index (χ4v) is 3.54. The largest absolute Gasteiger partial charge is 0.381 e. The van der Waals surface area contributed by atoms with Crippen molar-refractivity contribution in [2.45, 2.75) is 45.3 Å². The van der Waals surface area contributed by atoms with Crippen molar-refractivity contribution in [3.63, 3.8) is 0 Å². The topological polar surface area (TPSA) is 43.2 Å². The van der Waals surface area contributed by atoms with Crippen molar-refractivity contribution in [1.29, 1.82) is 0 Å². The van der Waals surface area contributed by atoms with Crippen molar-refractivity contribution in [3.8, 4) is 0 Å². The molecule has 1 saturated carbocycles. The van der Waals surface area contributed by atoms with Crippen LogP contribution in [0.4, 0.5) is 0 Å². The summed E-state index contributed by atoms with van der Waals surface area (Å²) in [6, 6.07) is 6.13. The monoisotopic (exact) mass is 326 g/mol. The van der Waals surface area contributed by atoms with Gasteiger partial charge in [0.25, 0.3) is 0 Å². The molecule has 4 rings (SSSR count). The van der Waals surface area contributed by atoms with Gasteiger partial charge in [-0.2, -0.15) is 5.10 Å². The van der Waals surface area contributed by atoms with Crippen LogP contribution in [-0.4, -0.2) is 39.4 Å². The van der Waals surface area contributed by atoms with Crippen LogP contribution in [0, 0.1) is 5.92 Å². The minimum absolute atomic E-state index is 0.359. The maximum atomic E-state index is 5.74. The summed E-state index contributed by atoms with van der Waals surface area (Å²) in [5.74, 6) is 1.21. The molecule has 0 saturated heterocycles. The SMILES string of the molecule is CCOC[C@H]1CN(Cc2ccccn2)Cc2cn(CC3CC3)nc21. The highest BCUT2D eigenvalue weighted by molar-refractivity contribution is 5.25. The Morgan fingerprint density at radius 3 is 2.96 bits per heavy atom. The average Bonchev–Trinajstić information content (AvgIpc) is 3.31. The maximum Gasteiger partial charge on any atom is 0.0736 e. The van der Waals surface area contributed by atoms with Crippen molar-refractivity contribution in [1.82, 2.24) is 19.7 Å². The first-order chi connectivity index (χ1) is 11.8. The zero-order valence-electron chi connectivity index (χ0n) is 14.4. The molecule has 1 aliphatic heterocycles. The Bertz CT molecular complexity index is 665. The first kappa shape index (κ1) is 15.8. The van der Waals surface area contributed by atoms with Crippen molar-refractivity contribution in [2.75, 3.05) is 19.8 Å². The second-order valence-corrected chi connectivity index (χ2v) is 7.05. The molecule has 0 spiro atoms. The standard InChI is InChI=1S/C19H26N4O/c1-2-24-14-17-11-22(13-18-5-3-4-8-20-18)10-16-12-23(21-19(16)17)9-15-6-7-15/h3-5,8,12,15,17H,2,6-7,9-11,13-14H2,1H3/t17-/m1/s1. The van der Waals surface area contributed by atoms with Crippen LogP contribution in [0.15, 0.2) is 30.6 Å². The average molecular weight is 326 g/mol. The fraction of sp³-hybridized carbons (Fsp3) is 0.579. The maximum absolute atomic E-state index is 5.74. The van der Waals surface area contributed by atoms with Gasteiger partial charge in [-0.05, 0) is 37.8 Å². The van der Waals surface area contributed by atoms with Crippen LogP contribution in [0.2, 0.25) is 0 Å². The molecule has 0 radical (unpaired) electrons. The molecule has 2 aromatic rings. The first-order valence-electron chi connectivity index (χ1n) is 9.08. The molecule has 5 heteroatoms. The number of pyridine rings is 1. The second kappa shape index (κ2) is 7.03. The molecule has 24 heavy (non-hydrogen) atoms. The van der Waals surface area contributed by atoms with Crippen molar-refractivity contribution >= 4 is 0 Å². The van der Waals surface area contributed by atoms with Gasteiger partial charge in [0, 0.05) is 56.7 Å². The summed E-state index contributed by atoms with van der Waals surface area (Å²) in [5.41, 5.74) is 3.74. The summed E-state index contributed by atoms with van der Waals surface area (Å²) in [6.45, 7) is 7.48. The molecule has 3 heterocycles. The number of nitrogens with zero attached hydrogens (tertiary/aromatic N) is 4. The lowest BCUT2D eigenvalue weighted by Crippen LogP contribution is -2.35. The number of ether oxygens (including phenoxy) is 1. The van der Waals surface area contributed by atoms with E-state index in [1.165, 1.54) is 24.1 Å². The summed E-state index contributed by atoms with van der Waals surface area (Å²) in [6.07, 6.45) is 6.85. The zero-order chi connectivity index (χ0) is 16.4. The van der Waals surface area contributed by atoms with Crippen LogP contribution < -0.4 is 0 Å². The zero-order valence-corrected chi connectivity index (χ0v) is 14.4. The Hall–Kier alpha value is -1.72. The highest BCUT2D eigenvalue weighted by atomic mass is 16.5. The van der Waals surface area contributed by atoms with Gasteiger partial charge < -0.3 is 4.74 Å². The van der Waals surface area contributed by atoms with E-state index >= 15 is 0 Å². The molecule has 0 amide bonds. The smallest absolute Gasteiger partial charge is 0.0736 e. The van der Waals surface area contributed by atoms with E-state index in [0.717, 1.165) is 51.0 Å². The lowest BCUT2D eigenvalue weighted by Gasteiger charge is -2.31. The Kier molecular flexibility index (Phi) is 4.63. The van der Waals surface area contributed by atoms with E-state index in [1.807, 2.05) is 12.3 Å². The molecule has 2 aliphatic rings. The van der Waals surface area contributed by atoms with Crippen LogP contribution in [-0.2, 0) is 24.4 Å². The van der Waals surface area contributed by atoms with E-state index in [4.69, 9.17) is 9.84 Å². The van der Waals surface area contributed by atoms with Gasteiger partial charge >= 0.3 is 0 Å². The summed E-state index contributed by atoms with van der Waals surface area (Å²) in [7, 11) is 0. The fourth-order valence-electron chi connectivity index (χ4n) is 3.54. The number of hydrogen-bond acceptors (Lipinski definition) is 4. The molecule has 0 aromatic carbocycles. The number of fused-ring (bicyclic) bond motifs is 1. The van der Waals surface area contributed by atoms with Crippen LogP contribution >= 0.6 is 0 Å². The van der Waals surface area contributed by atoms with Gasteiger partial charge in [0.15, 0.2) is 0 Å². The number of aromatic nitrogens is 3. The molecule has 0 bridgehead atoms. The third-order valence-electron chi connectivity index (χ3n) is 4.91. The minimum Gasteiger partial charge on any atom is -0.381 e. The van der Waals surface area contributed by atoms with E-state index in [-0.39, 0.29) is 0 Å². The summed E-state index contributed by atoms with van der Waals surface area (Å²) < 4.78 is 7.91. The predicted octanol–water partition coefficient (Wildman–Crippen LogP) is 2.82. The molecule has 2 aromatic heterocycles. The Labute approximate surface area is 143 Å². The van der Waals surface area contributed by atoms with Gasteiger partial charge in [-0.1, -0.05) is 6.07 Å². The minimum atomic E-state index is 0.359. The molecule has 0 unspecified atom stereocenters. The normalized spacial score (nSPS) is 21.0. The van der Waals surface area contributed by atoms with Crippen LogP contribution in [0.3, 0.4) is 0 Å². The van der Waals surface area contributed by atoms with E-state index in [9.17, 15) is 0 Å². The molecule has 1 aliphatic carbocycles. The molecule has 0 N–H and O–H groups in total. The van der Waals surface area contributed by atoms with Crippen LogP contribution in [0.1, 0.15) is 42.6 Å². The molecule has 5 nitrogen and oxygen atoms in total. The Morgan fingerprint density at radius 1 is 1.29 bits per heavy atom. The van der Waals surface area contributed by atoms with Crippen LogP contribution in [0.25, 0.3) is 0 Å². The van der Waals surface area contributed by atoms with E-state index in [0.29, 0.717) is 5.92 Å². The van der Waals surface area contributed by atoms with Gasteiger partial charge in [0.1, 0.15) is 0 Å². The predicted molar refractivity (Wildman–Crippen MR) is 92.5 cm³/mol. The molecular formula is C19H26N4O. The van der Waals surface area contributed by atoms with E-state index in [2.05, 4.69) is 39.8 Å².